The molecule has 6 nitrogen and oxygen atoms in total. The first-order valence-electron chi connectivity index (χ1n) is 5.72. The Hall–Kier alpha value is -2.50. The molecule has 19 heavy (non-hydrogen) atoms. The molecule has 1 fully saturated rings. The summed E-state index contributed by atoms with van der Waals surface area (Å²) in [5, 5.41) is 19.9. The number of nitrogens with zero attached hydrogens (tertiary/aromatic N) is 1. The van der Waals surface area contributed by atoms with Crippen molar-refractivity contribution in [2.45, 2.75) is 6.04 Å². The number of amidine groups is 1. The highest BCUT2D eigenvalue weighted by molar-refractivity contribution is 6.06. The van der Waals surface area contributed by atoms with Crippen molar-refractivity contribution in [1.82, 2.24) is 10.2 Å². The Morgan fingerprint density at radius 1 is 1.63 bits per heavy atom. The normalized spacial score (nSPS) is 18.4. The van der Waals surface area contributed by atoms with Crippen molar-refractivity contribution in [3.63, 3.8) is 0 Å². The van der Waals surface area contributed by atoms with Crippen molar-refractivity contribution in [1.29, 1.82) is 5.41 Å². The van der Waals surface area contributed by atoms with E-state index in [1.54, 1.807) is 18.2 Å². The Morgan fingerprint density at radius 3 is 3.00 bits per heavy atom. The van der Waals surface area contributed by atoms with Crippen LogP contribution in [-0.4, -0.2) is 35.5 Å². The Balaban J connectivity index is 2.40. The maximum Gasteiger partial charge on any atom is 0.323 e. The molecule has 2 rings (SSSR count). The zero-order valence-corrected chi connectivity index (χ0v) is 10.5. The minimum absolute atomic E-state index is 0.0188. The zero-order valence-electron chi connectivity index (χ0n) is 10.5. The van der Waals surface area contributed by atoms with E-state index in [1.807, 2.05) is 0 Å². The molecule has 0 aliphatic carbocycles. The molecule has 1 aliphatic rings. The molecular formula is C13H15N3O3. The van der Waals surface area contributed by atoms with Crippen molar-refractivity contribution in [2.75, 3.05) is 13.7 Å². The Bertz CT molecular complexity index is 542. The lowest BCUT2D eigenvalue weighted by atomic mass is 10.0. The molecule has 1 aromatic carbocycles. The number of hydrogen-bond acceptors (Lipinski definition) is 4. The summed E-state index contributed by atoms with van der Waals surface area (Å²) in [5.41, 5.74) is 0.694. The van der Waals surface area contributed by atoms with Gasteiger partial charge in [-0.3, -0.25) is 10.7 Å². The van der Waals surface area contributed by atoms with E-state index < -0.39 is 6.04 Å². The van der Waals surface area contributed by atoms with Crippen LogP contribution in [0, 0.1) is 5.41 Å². The highest BCUT2D eigenvalue weighted by Crippen LogP contribution is 2.33. The van der Waals surface area contributed by atoms with Crippen LogP contribution in [0.3, 0.4) is 0 Å². The molecule has 0 saturated carbocycles. The third-order valence-corrected chi connectivity index (χ3v) is 2.93. The van der Waals surface area contributed by atoms with Crippen molar-refractivity contribution in [3.8, 4) is 11.5 Å². The van der Waals surface area contributed by atoms with Gasteiger partial charge in [-0.15, -0.1) is 6.58 Å². The van der Waals surface area contributed by atoms with Gasteiger partial charge in [-0.1, -0.05) is 12.1 Å². The molecule has 2 amide bonds. The number of carbonyl (C=O) groups excluding carboxylic acids is 1. The van der Waals surface area contributed by atoms with Crippen LogP contribution in [0.15, 0.2) is 30.9 Å². The fourth-order valence-electron chi connectivity index (χ4n) is 2.07. The lowest BCUT2D eigenvalue weighted by Gasteiger charge is -2.21. The van der Waals surface area contributed by atoms with Crippen LogP contribution in [0.5, 0.6) is 11.5 Å². The predicted molar refractivity (Wildman–Crippen MR) is 70.6 cm³/mol. The average molecular weight is 261 g/mol. The number of nitrogens with one attached hydrogen (secondary N) is 2. The molecule has 0 spiro atoms. The number of phenols is 1. The van der Waals surface area contributed by atoms with Crippen molar-refractivity contribution in [3.05, 3.63) is 36.4 Å². The highest BCUT2D eigenvalue weighted by Gasteiger charge is 2.36. The number of amides is 2. The molecule has 0 radical (unpaired) electrons. The van der Waals surface area contributed by atoms with E-state index in [1.165, 1.54) is 18.1 Å². The monoisotopic (exact) mass is 261 g/mol. The van der Waals surface area contributed by atoms with Gasteiger partial charge in [0.1, 0.15) is 11.9 Å². The van der Waals surface area contributed by atoms with E-state index >= 15 is 0 Å². The number of ether oxygens (including phenoxy) is 1. The lowest BCUT2D eigenvalue weighted by Crippen LogP contribution is -2.29. The molecule has 0 aromatic heterocycles. The molecule has 1 aromatic rings. The first-order valence-corrected chi connectivity index (χ1v) is 5.72. The molecule has 100 valence electrons. The van der Waals surface area contributed by atoms with Crippen LogP contribution in [-0.2, 0) is 0 Å². The summed E-state index contributed by atoms with van der Waals surface area (Å²) in [7, 11) is 1.45. The van der Waals surface area contributed by atoms with Crippen LogP contribution >= 0.6 is 0 Å². The third-order valence-electron chi connectivity index (χ3n) is 2.93. The smallest absolute Gasteiger partial charge is 0.323 e. The van der Waals surface area contributed by atoms with Gasteiger partial charge in [-0.25, -0.2) is 4.79 Å². The molecule has 6 heteroatoms. The van der Waals surface area contributed by atoms with Crippen LogP contribution < -0.4 is 10.1 Å². The van der Waals surface area contributed by atoms with Crippen molar-refractivity contribution >= 4 is 11.9 Å². The van der Waals surface area contributed by atoms with E-state index in [4.69, 9.17) is 10.1 Å². The number of rotatable bonds is 4. The minimum atomic E-state index is -0.514. The summed E-state index contributed by atoms with van der Waals surface area (Å²) in [6, 6.07) is 3.91. The number of phenolic OH excluding ortho intramolecular Hbond substituents is 1. The van der Waals surface area contributed by atoms with Crippen molar-refractivity contribution < 1.29 is 14.6 Å². The highest BCUT2D eigenvalue weighted by atomic mass is 16.5. The lowest BCUT2D eigenvalue weighted by molar-refractivity contribution is 0.211. The largest absolute Gasteiger partial charge is 0.504 e. The number of benzene rings is 1. The van der Waals surface area contributed by atoms with Crippen LogP contribution in [0.4, 0.5) is 4.79 Å². The zero-order chi connectivity index (χ0) is 14.0. The molecule has 1 saturated heterocycles. The van der Waals surface area contributed by atoms with Gasteiger partial charge in [0.2, 0.25) is 0 Å². The topological polar surface area (TPSA) is 85.7 Å². The number of urea groups is 1. The van der Waals surface area contributed by atoms with Gasteiger partial charge in [0, 0.05) is 6.54 Å². The van der Waals surface area contributed by atoms with Gasteiger partial charge in [-0.2, -0.15) is 0 Å². The van der Waals surface area contributed by atoms with E-state index in [0.717, 1.165) is 0 Å². The van der Waals surface area contributed by atoms with Gasteiger partial charge in [0.15, 0.2) is 11.5 Å². The van der Waals surface area contributed by atoms with E-state index in [0.29, 0.717) is 17.9 Å². The second kappa shape index (κ2) is 5.01. The molecule has 1 aliphatic heterocycles. The van der Waals surface area contributed by atoms with Crippen LogP contribution in [0.25, 0.3) is 0 Å². The standard InChI is InChI=1S/C13H15N3O3/c1-3-6-16-11(12(14)15-13(16)18)8-4-5-9(17)10(7-8)19-2/h3-5,7,11,17H,1,6H2,2H3,(H2,14,15,18). The van der Waals surface area contributed by atoms with Gasteiger partial charge in [-0.05, 0) is 17.7 Å². The molecule has 0 bridgehead atoms. The van der Waals surface area contributed by atoms with E-state index in [2.05, 4.69) is 11.9 Å². The number of methoxy groups -OCH3 is 1. The number of hydrogen-bond donors (Lipinski definition) is 3. The van der Waals surface area contributed by atoms with E-state index in [-0.39, 0.29) is 17.6 Å². The summed E-state index contributed by atoms with van der Waals surface area (Å²) in [6.07, 6.45) is 1.60. The SMILES string of the molecule is C=CCN1C(=O)NC(=N)C1c1ccc(O)c(OC)c1. The van der Waals surface area contributed by atoms with Gasteiger partial charge < -0.3 is 14.7 Å². The Labute approximate surface area is 110 Å². The second-order valence-corrected chi connectivity index (χ2v) is 4.12. The van der Waals surface area contributed by atoms with Crippen molar-refractivity contribution in [2.24, 2.45) is 0 Å². The summed E-state index contributed by atoms with van der Waals surface area (Å²) >= 11 is 0. The fourth-order valence-corrected chi connectivity index (χ4v) is 2.07. The summed E-state index contributed by atoms with van der Waals surface area (Å²) in [4.78, 5) is 13.2. The molecule has 3 N–H and O–H groups in total. The maximum atomic E-state index is 11.7. The fraction of sp³-hybridized carbons (Fsp3) is 0.231. The quantitative estimate of drug-likeness (QED) is 0.720. The minimum Gasteiger partial charge on any atom is -0.504 e. The second-order valence-electron chi connectivity index (χ2n) is 4.12. The average Bonchev–Trinajstić information content (AvgIpc) is 2.66. The van der Waals surface area contributed by atoms with Gasteiger partial charge in [0.25, 0.3) is 0 Å². The first-order chi connectivity index (χ1) is 9.08. The van der Waals surface area contributed by atoms with Crippen LogP contribution in [0.1, 0.15) is 11.6 Å². The maximum absolute atomic E-state index is 11.7. The van der Waals surface area contributed by atoms with Gasteiger partial charge >= 0.3 is 6.03 Å². The van der Waals surface area contributed by atoms with Gasteiger partial charge in [0.05, 0.1) is 7.11 Å². The Kier molecular flexibility index (Phi) is 3.41. The molecular weight excluding hydrogens is 246 g/mol. The summed E-state index contributed by atoms with van der Waals surface area (Å²) in [6.45, 7) is 3.94. The molecule has 1 atom stereocenters. The predicted octanol–water partition coefficient (Wildman–Crippen LogP) is 1.63. The Morgan fingerprint density at radius 2 is 2.37 bits per heavy atom. The summed E-state index contributed by atoms with van der Waals surface area (Å²) in [5.74, 6) is 0.424. The molecule has 1 unspecified atom stereocenters. The third kappa shape index (κ3) is 2.24. The summed E-state index contributed by atoms with van der Waals surface area (Å²) < 4.78 is 5.04. The number of aromatic hydroxyl groups is 1. The van der Waals surface area contributed by atoms with Crippen LogP contribution in [0.2, 0.25) is 0 Å². The first kappa shape index (κ1) is 12.9. The van der Waals surface area contributed by atoms with E-state index in [9.17, 15) is 9.90 Å². The molecule has 1 heterocycles. The number of carbonyl (C=O) groups is 1.